The maximum Gasteiger partial charge on any atom is 0.258 e. The average Bonchev–Trinajstić information content (AvgIpc) is 3.09. The van der Waals surface area contributed by atoms with Crippen LogP contribution in [0.1, 0.15) is 21.7 Å². The first-order valence-corrected chi connectivity index (χ1v) is 7.11. The summed E-state index contributed by atoms with van der Waals surface area (Å²) in [6.45, 7) is 3.58. The molecule has 4 aromatic rings. The van der Waals surface area contributed by atoms with Crippen molar-refractivity contribution >= 4 is 34.0 Å². The summed E-state index contributed by atoms with van der Waals surface area (Å²) >= 11 is 0. The second-order valence-electron chi connectivity index (χ2n) is 5.32. The molecule has 0 saturated heterocycles. The first-order chi connectivity index (χ1) is 11.1. The van der Waals surface area contributed by atoms with Crippen LogP contribution >= 0.6 is 0 Å². The number of rotatable bonds is 2. The van der Waals surface area contributed by atoms with Gasteiger partial charge in [0.25, 0.3) is 11.6 Å². The Kier molecular flexibility index (Phi) is 2.87. The molecule has 0 aliphatic heterocycles. The molecule has 0 saturated carbocycles. The molecule has 7 heteroatoms. The predicted molar refractivity (Wildman–Crippen MR) is 85.3 cm³/mol. The minimum absolute atomic E-state index is 0.286. The third-order valence-corrected chi connectivity index (χ3v) is 3.61. The molecule has 3 heterocycles. The fourth-order valence-corrected chi connectivity index (χ4v) is 2.58. The van der Waals surface area contributed by atoms with Crippen molar-refractivity contribution in [3.05, 3.63) is 47.3 Å². The van der Waals surface area contributed by atoms with Gasteiger partial charge in [-0.15, -0.1) is 0 Å². The molecule has 0 bridgehead atoms. The van der Waals surface area contributed by atoms with Crippen molar-refractivity contribution in [2.75, 3.05) is 5.32 Å². The highest BCUT2D eigenvalue weighted by molar-refractivity contribution is 6.12. The second-order valence-corrected chi connectivity index (χ2v) is 5.32. The number of aromatic nitrogens is 4. The summed E-state index contributed by atoms with van der Waals surface area (Å²) in [5.41, 5.74) is 3.79. The highest BCUT2D eigenvalue weighted by Crippen LogP contribution is 2.23. The van der Waals surface area contributed by atoms with Gasteiger partial charge in [0.15, 0.2) is 0 Å². The Morgan fingerprint density at radius 1 is 1.22 bits per heavy atom. The number of nitrogens with one attached hydrogen (secondary N) is 2. The van der Waals surface area contributed by atoms with Crippen molar-refractivity contribution in [3.63, 3.8) is 0 Å². The Bertz CT molecular complexity index is 1010. The number of imidazole rings is 1. The fraction of sp³-hybridized carbons (Fsp3) is 0.125. The van der Waals surface area contributed by atoms with Crippen LogP contribution in [0, 0.1) is 13.8 Å². The first-order valence-electron chi connectivity index (χ1n) is 7.11. The van der Waals surface area contributed by atoms with Gasteiger partial charge in [-0.25, -0.2) is 9.97 Å². The third kappa shape index (κ3) is 2.22. The van der Waals surface area contributed by atoms with Gasteiger partial charge >= 0.3 is 0 Å². The fourth-order valence-electron chi connectivity index (χ4n) is 2.58. The number of H-pyrrole nitrogens is 1. The molecule has 114 valence electrons. The Morgan fingerprint density at radius 2 is 2.04 bits per heavy atom. The van der Waals surface area contributed by atoms with E-state index in [0.717, 1.165) is 11.0 Å². The lowest BCUT2D eigenvalue weighted by molar-refractivity contribution is 0.102. The summed E-state index contributed by atoms with van der Waals surface area (Å²) < 4.78 is 5.15. The number of fused-ring (bicyclic) bond motifs is 2. The molecule has 0 aliphatic rings. The number of benzene rings is 1. The van der Waals surface area contributed by atoms with E-state index in [0.29, 0.717) is 34.0 Å². The van der Waals surface area contributed by atoms with Crippen molar-refractivity contribution in [2.45, 2.75) is 13.8 Å². The zero-order chi connectivity index (χ0) is 16.0. The van der Waals surface area contributed by atoms with Crippen molar-refractivity contribution in [1.82, 2.24) is 20.1 Å². The SMILES string of the molecule is Cc1cc(C(=O)Nc2nc3ccccc3[nH]2)c2c(C)noc2n1. The minimum atomic E-state index is -0.286. The number of pyridine rings is 1. The van der Waals surface area contributed by atoms with Gasteiger partial charge in [-0.1, -0.05) is 17.3 Å². The molecule has 1 amide bonds. The number of carbonyl (C=O) groups is 1. The number of hydrogen-bond acceptors (Lipinski definition) is 5. The number of aryl methyl sites for hydroxylation is 2. The molecule has 0 unspecified atom stereocenters. The lowest BCUT2D eigenvalue weighted by atomic mass is 10.1. The standard InChI is InChI=1S/C16H13N5O2/c1-8-7-10(13-9(2)21-23-15(13)17-8)14(22)20-16-18-11-5-3-4-6-12(11)19-16/h3-7H,1-2H3,(H2,18,19,20,22). The van der Waals surface area contributed by atoms with Crippen LogP contribution < -0.4 is 5.32 Å². The molecule has 3 aromatic heterocycles. The van der Waals surface area contributed by atoms with Gasteiger partial charge in [-0.3, -0.25) is 10.1 Å². The van der Waals surface area contributed by atoms with Gasteiger partial charge in [0, 0.05) is 5.69 Å². The highest BCUT2D eigenvalue weighted by Gasteiger charge is 2.18. The molecule has 0 radical (unpaired) electrons. The zero-order valence-electron chi connectivity index (χ0n) is 12.5. The van der Waals surface area contributed by atoms with E-state index in [-0.39, 0.29) is 5.91 Å². The maximum absolute atomic E-state index is 12.6. The smallest absolute Gasteiger partial charge is 0.258 e. The van der Waals surface area contributed by atoms with Crippen LogP contribution in [0.3, 0.4) is 0 Å². The largest absolute Gasteiger partial charge is 0.336 e. The van der Waals surface area contributed by atoms with Crippen LogP contribution in [-0.4, -0.2) is 26.0 Å². The summed E-state index contributed by atoms with van der Waals surface area (Å²) in [5.74, 6) is 0.110. The van der Waals surface area contributed by atoms with Gasteiger partial charge in [-0.2, -0.15) is 0 Å². The normalized spacial score (nSPS) is 11.2. The van der Waals surface area contributed by atoms with Crippen molar-refractivity contribution in [1.29, 1.82) is 0 Å². The summed E-state index contributed by atoms with van der Waals surface area (Å²) in [6.07, 6.45) is 0. The number of nitrogens with zero attached hydrogens (tertiary/aromatic N) is 3. The van der Waals surface area contributed by atoms with E-state index in [4.69, 9.17) is 4.52 Å². The Balaban J connectivity index is 1.75. The van der Waals surface area contributed by atoms with Gasteiger partial charge in [-0.05, 0) is 32.0 Å². The number of carbonyl (C=O) groups excluding carboxylic acids is 1. The molecule has 23 heavy (non-hydrogen) atoms. The summed E-state index contributed by atoms with van der Waals surface area (Å²) in [7, 11) is 0. The Hall–Kier alpha value is -3.22. The lowest BCUT2D eigenvalue weighted by Crippen LogP contribution is -2.14. The molecule has 1 aromatic carbocycles. The van der Waals surface area contributed by atoms with Gasteiger partial charge in [0.05, 0.1) is 27.7 Å². The van der Waals surface area contributed by atoms with Crippen LogP contribution in [0.2, 0.25) is 0 Å². The summed E-state index contributed by atoms with van der Waals surface area (Å²) in [6, 6.07) is 9.29. The van der Waals surface area contributed by atoms with Crippen molar-refractivity contribution in [3.8, 4) is 0 Å². The number of amides is 1. The second kappa shape index (κ2) is 4.91. The van der Waals surface area contributed by atoms with E-state index < -0.39 is 0 Å². The number of aromatic amines is 1. The number of anilines is 1. The van der Waals surface area contributed by atoms with Crippen molar-refractivity contribution in [2.24, 2.45) is 0 Å². The Labute approximate surface area is 130 Å². The van der Waals surface area contributed by atoms with E-state index in [9.17, 15) is 4.79 Å². The maximum atomic E-state index is 12.6. The van der Waals surface area contributed by atoms with Crippen LogP contribution in [0.5, 0.6) is 0 Å². The van der Waals surface area contributed by atoms with Crippen LogP contribution in [0.15, 0.2) is 34.9 Å². The molecule has 4 rings (SSSR count). The molecule has 7 nitrogen and oxygen atoms in total. The lowest BCUT2D eigenvalue weighted by Gasteiger charge is -2.04. The molecule has 0 fully saturated rings. The third-order valence-electron chi connectivity index (χ3n) is 3.61. The highest BCUT2D eigenvalue weighted by atomic mass is 16.5. The molecular weight excluding hydrogens is 294 g/mol. The van der Waals surface area contributed by atoms with Gasteiger partial charge in [0.1, 0.15) is 0 Å². The quantitative estimate of drug-likeness (QED) is 0.593. The zero-order valence-corrected chi connectivity index (χ0v) is 12.5. The van der Waals surface area contributed by atoms with E-state index in [2.05, 4.69) is 25.4 Å². The van der Waals surface area contributed by atoms with E-state index >= 15 is 0 Å². The topological polar surface area (TPSA) is 96.7 Å². The molecule has 0 aliphatic carbocycles. The van der Waals surface area contributed by atoms with Gasteiger partial charge in [0.2, 0.25) is 5.95 Å². The van der Waals surface area contributed by atoms with E-state index in [1.54, 1.807) is 19.9 Å². The molecule has 0 spiro atoms. The van der Waals surface area contributed by atoms with Crippen molar-refractivity contribution < 1.29 is 9.32 Å². The van der Waals surface area contributed by atoms with E-state index in [1.807, 2.05) is 24.3 Å². The van der Waals surface area contributed by atoms with Crippen LogP contribution in [0.4, 0.5) is 5.95 Å². The number of hydrogen-bond donors (Lipinski definition) is 2. The minimum Gasteiger partial charge on any atom is -0.336 e. The monoisotopic (exact) mass is 307 g/mol. The number of para-hydroxylation sites is 2. The molecule has 2 N–H and O–H groups in total. The average molecular weight is 307 g/mol. The molecule has 0 atom stereocenters. The molecular formula is C16H13N5O2. The predicted octanol–water partition coefficient (Wildman–Crippen LogP) is 2.97. The van der Waals surface area contributed by atoms with Gasteiger partial charge < -0.3 is 9.51 Å². The van der Waals surface area contributed by atoms with E-state index in [1.165, 1.54) is 0 Å². The summed E-state index contributed by atoms with van der Waals surface area (Å²) in [4.78, 5) is 24.3. The Morgan fingerprint density at radius 3 is 2.87 bits per heavy atom. The van der Waals surface area contributed by atoms with Crippen LogP contribution in [0.25, 0.3) is 22.1 Å². The van der Waals surface area contributed by atoms with Crippen LogP contribution in [-0.2, 0) is 0 Å². The summed E-state index contributed by atoms with van der Waals surface area (Å²) in [5, 5.41) is 7.28. The first kappa shape index (κ1) is 13.4.